The molecule has 0 atom stereocenters. The van der Waals surface area contributed by atoms with Crippen LogP contribution < -0.4 is 10.6 Å². The predicted octanol–water partition coefficient (Wildman–Crippen LogP) is 3.04. The zero-order valence-electron chi connectivity index (χ0n) is 11.4. The summed E-state index contributed by atoms with van der Waals surface area (Å²) in [6, 6.07) is 0. The average Bonchev–Trinajstić information content (AvgIpc) is 2.86. The van der Waals surface area contributed by atoms with Gasteiger partial charge in [0.05, 0.1) is 0 Å². The Kier molecular flexibility index (Phi) is 5.10. The highest BCUT2D eigenvalue weighted by Crippen LogP contribution is 2.40. The van der Waals surface area contributed by atoms with E-state index in [2.05, 4.69) is 31.8 Å². The summed E-state index contributed by atoms with van der Waals surface area (Å²) in [5, 5.41) is 6.58. The fourth-order valence-corrected chi connectivity index (χ4v) is 3.45. The van der Waals surface area contributed by atoms with E-state index in [-0.39, 0.29) is 5.28 Å². The molecule has 0 aromatic carbocycles. The Morgan fingerprint density at radius 3 is 2.37 bits per heavy atom. The van der Waals surface area contributed by atoms with Gasteiger partial charge in [0.15, 0.2) is 0 Å². The Morgan fingerprint density at radius 2 is 1.79 bits per heavy atom. The zero-order valence-corrected chi connectivity index (χ0v) is 12.9. The van der Waals surface area contributed by atoms with Gasteiger partial charge in [-0.05, 0) is 37.6 Å². The summed E-state index contributed by atoms with van der Waals surface area (Å²) < 4.78 is 0.317. The molecule has 1 aromatic rings. The second-order valence-electron chi connectivity index (χ2n) is 4.73. The van der Waals surface area contributed by atoms with E-state index in [4.69, 9.17) is 11.6 Å². The van der Waals surface area contributed by atoms with Gasteiger partial charge in [0.1, 0.15) is 0 Å². The second-order valence-corrected chi connectivity index (χ2v) is 6.34. The van der Waals surface area contributed by atoms with E-state index in [1.165, 1.54) is 25.7 Å². The minimum atomic E-state index is 0.220. The summed E-state index contributed by atoms with van der Waals surface area (Å²) in [5.74, 6) is 1.07. The molecule has 0 bridgehead atoms. The summed E-state index contributed by atoms with van der Waals surface area (Å²) in [7, 11) is 0. The van der Waals surface area contributed by atoms with Crippen LogP contribution in [-0.4, -0.2) is 39.0 Å². The van der Waals surface area contributed by atoms with Crippen LogP contribution in [0.15, 0.2) is 0 Å². The number of hydrogen-bond donors (Lipinski definition) is 2. The molecule has 0 unspecified atom stereocenters. The van der Waals surface area contributed by atoms with Crippen LogP contribution in [0, 0.1) is 0 Å². The van der Waals surface area contributed by atoms with Crippen molar-refractivity contribution in [2.75, 3.05) is 30.0 Å². The van der Waals surface area contributed by atoms with Crippen LogP contribution in [0.3, 0.4) is 0 Å². The summed E-state index contributed by atoms with van der Waals surface area (Å²) in [6.45, 7) is 3.63. The SMILES string of the molecule is CCNc1nc(Cl)nc(NCC2(SC)CCCC2)n1. The van der Waals surface area contributed by atoms with E-state index in [0.29, 0.717) is 16.6 Å². The smallest absolute Gasteiger partial charge is 0.228 e. The lowest BCUT2D eigenvalue weighted by atomic mass is 10.1. The molecular formula is C12H20ClN5S. The van der Waals surface area contributed by atoms with Crippen molar-refractivity contribution < 1.29 is 0 Å². The Morgan fingerprint density at radius 1 is 1.16 bits per heavy atom. The van der Waals surface area contributed by atoms with Crippen molar-refractivity contribution >= 4 is 35.3 Å². The second kappa shape index (κ2) is 6.61. The van der Waals surface area contributed by atoms with Gasteiger partial charge in [0.2, 0.25) is 17.2 Å². The highest BCUT2D eigenvalue weighted by Gasteiger charge is 2.32. The van der Waals surface area contributed by atoms with E-state index in [9.17, 15) is 0 Å². The van der Waals surface area contributed by atoms with E-state index < -0.39 is 0 Å². The highest BCUT2D eigenvalue weighted by atomic mass is 35.5. The van der Waals surface area contributed by atoms with Gasteiger partial charge in [-0.1, -0.05) is 12.8 Å². The van der Waals surface area contributed by atoms with Crippen molar-refractivity contribution in [1.29, 1.82) is 0 Å². The molecule has 19 heavy (non-hydrogen) atoms. The minimum Gasteiger partial charge on any atom is -0.354 e. The number of halogens is 1. The van der Waals surface area contributed by atoms with Crippen LogP contribution in [-0.2, 0) is 0 Å². The summed E-state index contributed by atoms with van der Waals surface area (Å²) in [4.78, 5) is 12.5. The van der Waals surface area contributed by atoms with Crippen LogP contribution >= 0.6 is 23.4 Å². The molecule has 1 aliphatic carbocycles. The van der Waals surface area contributed by atoms with Crippen molar-refractivity contribution in [1.82, 2.24) is 15.0 Å². The topological polar surface area (TPSA) is 62.7 Å². The van der Waals surface area contributed by atoms with Crippen molar-refractivity contribution in [3.05, 3.63) is 5.28 Å². The van der Waals surface area contributed by atoms with Gasteiger partial charge in [-0.3, -0.25) is 0 Å². The molecule has 0 radical (unpaired) electrons. The van der Waals surface area contributed by atoms with E-state index >= 15 is 0 Å². The molecule has 0 saturated heterocycles. The number of thioether (sulfide) groups is 1. The number of anilines is 2. The van der Waals surface area contributed by atoms with E-state index in [1.807, 2.05) is 18.7 Å². The maximum atomic E-state index is 5.90. The summed E-state index contributed by atoms with van der Waals surface area (Å²) in [6.07, 6.45) is 7.30. The number of rotatable bonds is 6. The van der Waals surface area contributed by atoms with Crippen LogP contribution in [0.5, 0.6) is 0 Å². The van der Waals surface area contributed by atoms with E-state index in [1.54, 1.807) is 0 Å². The highest BCUT2D eigenvalue weighted by molar-refractivity contribution is 8.00. The Hall–Kier alpha value is -0.750. The molecule has 5 nitrogen and oxygen atoms in total. The molecule has 1 aromatic heterocycles. The standard InChI is InChI=1S/C12H20ClN5S/c1-3-14-10-16-9(13)17-11(18-10)15-8-12(19-2)6-4-5-7-12/h3-8H2,1-2H3,(H2,14,15,16,17,18). The third-order valence-corrected chi connectivity index (χ3v) is 5.05. The fraction of sp³-hybridized carbons (Fsp3) is 0.750. The third-order valence-electron chi connectivity index (χ3n) is 3.46. The summed E-state index contributed by atoms with van der Waals surface area (Å²) in [5.41, 5.74) is 0. The minimum absolute atomic E-state index is 0.220. The lowest BCUT2D eigenvalue weighted by molar-refractivity contribution is 0.637. The van der Waals surface area contributed by atoms with E-state index in [0.717, 1.165) is 13.1 Å². The number of hydrogen-bond acceptors (Lipinski definition) is 6. The first-order valence-corrected chi connectivity index (χ1v) is 8.22. The first-order chi connectivity index (χ1) is 9.17. The molecule has 1 heterocycles. The van der Waals surface area contributed by atoms with Gasteiger partial charge in [0.25, 0.3) is 0 Å². The van der Waals surface area contributed by atoms with Gasteiger partial charge in [-0.25, -0.2) is 0 Å². The quantitative estimate of drug-likeness (QED) is 0.842. The molecular weight excluding hydrogens is 282 g/mol. The van der Waals surface area contributed by atoms with Crippen LogP contribution in [0.25, 0.3) is 0 Å². The van der Waals surface area contributed by atoms with Crippen LogP contribution in [0.2, 0.25) is 5.28 Å². The first-order valence-electron chi connectivity index (χ1n) is 6.62. The molecule has 0 amide bonds. The van der Waals surface area contributed by atoms with Crippen molar-refractivity contribution in [3.8, 4) is 0 Å². The molecule has 7 heteroatoms. The molecule has 106 valence electrons. The first kappa shape index (κ1) is 14.7. The van der Waals surface area contributed by atoms with Crippen molar-refractivity contribution in [2.24, 2.45) is 0 Å². The third kappa shape index (κ3) is 3.86. The number of nitrogens with one attached hydrogen (secondary N) is 2. The molecule has 1 saturated carbocycles. The zero-order chi connectivity index (χ0) is 13.7. The Labute approximate surface area is 123 Å². The molecule has 1 fully saturated rings. The molecule has 2 N–H and O–H groups in total. The predicted molar refractivity (Wildman–Crippen MR) is 82.2 cm³/mol. The molecule has 0 spiro atoms. The van der Waals surface area contributed by atoms with Crippen LogP contribution in [0.1, 0.15) is 32.6 Å². The molecule has 1 aliphatic rings. The Balaban J connectivity index is 2.02. The largest absolute Gasteiger partial charge is 0.354 e. The number of aromatic nitrogens is 3. The summed E-state index contributed by atoms with van der Waals surface area (Å²) >= 11 is 7.84. The molecule has 0 aliphatic heterocycles. The fourth-order valence-electron chi connectivity index (χ4n) is 2.38. The van der Waals surface area contributed by atoms with Crippen LogP contribution in [0.4, 0.5) is 11.9 Å². The lowest BCUT2D eigenvalue weighted by Gasteiger charge is -2.26. The van der Waals surface area contributed by atoms with Gasteiger partial charge in [-0.15, -0.1) is 0 Å². The normalized spacial score (nSPS) is 17.4. The number of nitrogens with zero attached hydrogens (tertiary/aromatic N) is 3. The molecule has 2 rings (SSSR count). The maximum absolute atomic E-state index is 5.90. The monoisotopic (exact) mass is 301 g/mol. The van der Waals surface area contributed by atoms with Gasteiger partial charge in [0, 0.05) is 17.8 Å². The van der Waals surface area contributed by atoms with Crippen molar-refractivity contribution in [3.63, 3.8) is 0 Å². The van der Waals surface area contributed by atoms with Gasteiger partial charge >= 0.3 is 0 Å². The lowest BCUT2D eigenvalue weighted by Crippen LogP contribution is -2.30. The maximum Gasteiger partial charge on any atom is 0.228 e. The average molecular weight is 302 g/mol. The van der Waals surface area contributed by atoms with Gasteiger partial charge in [-0.2, -0.15) is 26.7 Å². The van der Waals surface area contributed by atoms with Gasteiger partial charge < -0.3 is 10.6 Å². The Bertz CT molecular complexity index is 423. The van der Waals surface area contributed by atoms with Crippen molar-refractivity contribution in [2.45, 2.75) is 37.4 Å².